The van der Waals surface area contributed by atoms with E-state index in [0.717, 1.165) is 32.2 Å². The third-order valence-corrected chi connectivity index (χ3v) is 6.82. The predicted octanol–water partition coefficient (Wildman–Crippen LogP) is 4.16. The third kappa shape index (κ3) is 8.71. The molecule has 0 bridgehead atoms. The maximum absolute atomic E-state index is 13.6. The van der Waals surface area contributed by atoms with Crippen molar-refractivity contribution in [1.29, 1.82) is 0 Å². The van der Waals surface area contributed by atoms with Gasteiger partial charge < -0.3 is 15.0 Å². The van der Waals surface area contributed by atoms with Crippen molar-refractivity contribution in [3.63, 3.8) is 0 Å². The smallest absolute Gasteiger partial charge is 0.333 e. The second kappa shape index (κ2) is 14.5. The fraction of sp³-hybridized carbons (Fsp3) is 0.815. The average molecular weight is 480 g/mol. The van der Waals surface area contributed by atoms with Gasteiger partial charge >= 0.3 is 5.97 Å². The number of carbonyl (C=O) groups is 3. The van der Waals surface area contributed by atoms with E-state index >= 15 is 0 Å². The van der Waals surface area contributed by atoms with Crippen LogP contribution in [0.2, 0.25) is 0 Å². The molecule has 1 fully saturated rings. The average Bonchev–Trinajstić information content (AvgIpc) is 2.79. The molecule has 1 N–H and O–H groups in total. The number of piperidine rings is 1. The number of ether oxygens (including phenoxy) is 1. The fourth-order valence-electron chi connectivity index (χ4n) is 4.67. The summed E-state index contributed by atoms with van der Waals surface area (Å²) in [5, 5.41) is 3.11. The van der Waals surface area contributed by atoms with E-state index in [9.17, 15) is 14.4 Å². The first kappa shape index (κ1) is 30.1. The van der Waals surface area contributed by atoms with Crippen LogP contribution in [0.4, 0.5) is 0 Å². The van der Waals surface area contributed by atoms with Crippen LogP contribution in [0.3, 0.4) is 0 Å². The minimum Gasteiger partial charge on any atom is -0.463 e. The lowest BCUT2D eigenvalue weighted by molar-refractivity contribution is -0.140. The summed E-state index contributed by atoms with van der Waals surface area (Å²) >= 11 is 0. The van der Waals surface area contributed by atoms with Gasteiger partial charge in [-0.3, -0.25) is 14.5 Å². The SMILES string of the molecule is CCOC(=O)/C(C)=C/C(C(C)C)N(C)C(=O)C(CC(C)C)NC(=O)C1CCCCN1C(C)CC. The first-order chi connectivity index (χ1) is 15.9. The lowest BCUT2D eigenvalue weighted by Crippen LogP contribution is -2.58. The molecule has 0 radical (unpaired) electrons. The fourth-order valence-corrected chi connectivity index (χ4v) is 4.67. The highest BCUT2D eigenvalue weighted by atomic mass is 16.5. The highest BCUT2D eigenvalue weighted by Gasteiger charge is 2.35. The Bertz CT molecular complexity index is 704. The van der Waals surface area contributed by atoms with Crippen LogP contribution in [0.15, 0.2) is 11.6 Å². The van der Waals surface area contributed by atoms with Gasteiger partial charge in [0, 0.05) is 18.7 Å². The van der Waals surface area contributed by atoms with Crippen molar-refractivity contribution < 1.29 is 19.1 Å². The second-order valence-corrected chi connectivity index (χ2v) is 10.5. The maximum atomic E-state index is 13.6. The van der Waals surface area contributed by atoms with E-state index in [1.54, 1.807) is 31.9 Å². The molecule has 0 spiro atoms. The standard InChI is InChI=1S/C27H49N3O4/c1-10-21(8)30-15-13-12-14-23(30)25(31)28-22(16-18(3)4)26(32)29(9)24(19(5)6)17-20(7)27(33)34-11-2/h17-19,21-24H,10-16H2,1-9H3,(H,28,31)/b20-17+. The Morgan fingerprint density at radius 1 is 1.12 bits per heavy atom. The zero-order valence-electron chi connectivity index (χ0n) is 23.0. The minimum atomic E-state index is -0.601. The van der Waals surface area contributed by atoms with Crippen molar-refractivity contribution in [2.75, 3.05) is 20.2 Å². The van der Waals surface area contributed by atoms with Gasteiger partial charge in [0.25, 0.3) is 0 Å². The summed E-state index contributed by atoms with van der Waals surface area (Å²) in [7, 11) is 1.76. The summed E-state index contributed by atoms with van der Waals surface area (Å²) in [6.07, 6.45) is 6.32. The minimum absolute atomic E-state index is 0.0493. The van der Waals surface area contributed by atoms with Crippen LogP contribution in [0.5, 0.6) is 0 Å². The molecule has 0 aromatic carbocycles. The van der Waals surface area contributed by atoms with Crippen LogP contribution in [0.1, 0.15) is 87.5 Å². The second-order valence-electron chi connectivity index (χ2n) is 10.5. The van der Waals surface area contributed by atoms with Gasteiger partial charge in [0.1, 0.15) is 6.04 Å². The number of likely N-dealkylation sites (tertiary alicyclic amines) is 1. The van der Waals surface area contributed by atoms with Gasteiger partial charge in [-0.1, -0.05) is 47.1 Å². The number of nitrogens with one attached hydrogen (secondary N) is 1. The quantitative estimate of drug-likeness (QED) is 0.336. The third-order valence-electron chi connectivity index (χ3n) is 6.82. The van der Waals surface area contributed by atoms with E-state index < -0.39 is 6.04 Å². The molecule has 34 heavy (non-hydrogen) atoms. The molecule has 0 aromatic heterocycles. The van der Waals surface area contributed by atoms with E-state index in [0.29, 0.717) is 24.6 Å². The zero-order chi connectivity index (χ0) is 26.0. The molecule has 196 valence electrons. The zero-order valence-corrected chi connectivity index (χ0v) is 23.0. The van der Waals surface area contributed by atoms with Crippen molar-refractivity contribution in [3.8, 4) is 0 Å². The Labute approximate surface area is 207 Å². The Kier molecular flexibility index (Phi) is 12.9. The van der Waals surface area contributed by atoms with Gasteiger partial charge in [0.05, 0.1) is 18.7 Å². The number of hydrogen-bond donors (Lipinski definition) is 1. The topological polar surface area (TPSA) is 79.0 Å². The molecular formula is C27H49N3O4. The van der Waals surface area contributed by atoms with Gasteiger partial charge in [-0.15, -0.1) is 0 Å². The molecule has 7 heteroatoms. The van der Waals surface area contributed by atoms with Crippen LogP contribution in [-0.2, 0) is 19.1 Å². The highest BCUT2D eigenvalue weighted by molar-refractivity contribution is 5.90. The molecule has 1 aliphatic rings. The molecule has 0 aromatic rings. The summed E-state index contributed by atoms with van der Waals surface area (Å²) in [6, 6.07) is -0.742. The predicted molar refractivity (Wildman–Crippen MR) is 137 cm³/mol. The van der Waals surface area contributed by atoms with E-state index in [2.05, 4.69) is 37.9 Å². The van der Waals surface area contributed by atoms with E-state index in [4.69, 9.17) is 4.74 Å². The van der Waals surface area contributed by atoms with E-state index in [-0.39, 0.29) is 41.7 Å². The molecule has 4 unspecified atom stereocenters. The van der Waals surface area contributed by atoms with E-state index in [1.165, 1.54) is 0 Å². The van der Waals surface area contributed by atoms with E-state index in [1.807, 2.05) is 13.8 Å². The number of esters is 1. The summed E-state index contributed by atoms with van der Waals surface area (Å²) in [6.45, 7) is 17.2. The molecule has 1 rings (SSSR count). The van der Waals surface area contributed by atoms with Crippen LogP contribution in [0.25, 0.3) is 0 Å². The lowest BCUT2D eigenvalue weighted by atomic mass is 9.95. The number of hydrogen-bond acceptors (Lipinski definition) is 5. The molecule has 2 amide bonds. The largest absolute Gasteiger partial charge is 0.463 e. The van der Waals surface area contributed by atoms with Crippen molar-refractivity contribution in [1.82, 2.24) is 15.1 Å². The Hall–Kier alpha value is -1.89. The Balaban J connectivity index is 3.11. The normalized spacial score (nSPS) is 20.1. The number of rotatable bonds is 12. The number of amides is 2. The van der Waals surface area contributed by atoms with Crippen LogP contribution < -0.4 is 5.32 Å². The van der Waals surface area contributed by atoms with Gasteiger partial charge in [-0.25, -0.2) is 4.79 Å². The van der Waals surface area contributed by atoms with Crippen molar-refractivity contribution in [2.45, 2.75) is 112 Å². The van der Waals surface area contributed by atoms with Gasteiger partial charge in [-0.05, 0) is 64.8 Å². The molecule has 1 aliphatic heterocycles. The van der Waals surface area contributed by atoms with Crippen LogP contribution in [0, 0.1) is 11.8 Å². The van der Waals surface area contributed by atoms with Crippen LogP contribution in [-0.4, -0.2) is 72.0 Å². The van der Waals surface area contributed by atoms with Crippen molar-refractivity contribution >= 4 is 17.8 Å². The summed E-state index contributed by atoms with van der Waals surface area (Å²) in [5.41, 5.74) is 0.482. The molecule has 0 aliphatic carbocycles. The number of nitrogens with zero attached hydrogens (tertiary/aromatic N) is 2. The number of likely N-dealkylation sites (N-methyl/N-ethyl adjacent to an activating group) is 1. The maximum Gasteiger partial charge on any atom is 0.333 e. The lowest BCUT2D eigenvalue weighted by Gasteiger charge is -2.39. The first-order valence-corrected chi connectivity index (χ1v) is 13.1. The Morgan fingerprint density at radius 2 is 1.76 bits per heavy atom. The molecular weight excluding hydrogens is 430 g/mol. The van der Waals surface area contributed by atoms with Gasteiger partial charge in [0.2, 0.25) is 11.8 Å². The van der Waals surface area contributed by atoms with Crippen molar-refractivity contribution in [3.05, 3.63) is 11.6 Å². The summed E-state index contributed by atoms with van der Waals surface area (Å²) in [4.78, 5) is 43.2. The van der Waals surface area contributed by atoms with Gasteiger partial charge in [-0.2, -0.15) is 0 Å². The molecule has 7 nitrogen and oxygen atoms in total. The molecule has 0 saturated carbocycles. The highest BCUT2D eigenvalue weighted by Crippen LogP contribution is 2.22. The van der Waals surface area contributed by atoms with Crippen LogP contribution >= 0.6 is 0 Å². The van der Waals surface area contributed by atoms with Crippen molar-refractivity contribution in [2.24, 2.45) is 11.8 Å². The summed E-state index contributed by atoms with van der Waals surface area (Å²) in [5.74, 6) is -0.211. The monoisotopic (exact) mass is 479 g/mol. The molecule has 1 saturated heterocycles. The summed E-state index contributed by atoms with van der Waals surface area (Å²) < 4.78 is 5.11. The molecule has 4 atom stereocenters. The molecule has 1 heterocycles. The first-order valence-electron chi connectivity index (χ1n) is 13.1. The number of carbonyl (C=O) groups excluding carboxylic acids is 3. The van der Waals surface area contributed by atoms with Gasteiger partial charge in [0.15, 0.2) is 0 Å². The Morgan fingerprint density at radius 3 is 2.29 bits per heavy atom.